The number of hydrogen-bond donors (Lipinski definition) is 2. The Bertz CT molecular complexity index is 414. The molecule has 0 saturated carbocycles. The van der Waals surface area contributed by atoms with Crippen molar-refractivity contribution in [1.82, 2.24) is 20.4 Å². The van der Waals surface area contributed by atoms with Crippen molar-refractivity contribution in [2.45, 2.75) is 25.8 Å². The minimum Gasteiger partial charge on any atom is -0.372 e. The van der Waals surface area contributed by atoms with Crippen LogP contribution in [-0.4, -0.2) is 53.7 Å². The van der Waals surface area contributed by atoms with E-state index in [1.54, 1.807) is 19.2 Å². The summed E-state index contributed by atoms with van der Waals surface area (Å²) in [6, 6.07) is 3.54. The first-order valence-corrected chi connectivity index (χ1v) is 6.73. The summed E-state index contributed by atoms with van der Waals surface area (Å²) < 4.78 is 0. The van der Waals surface area contributed by atoms with Gasteiger partial charge in [0.1, 0.15) is 5.82 Å². The quantitative estimate of drug-likeness (QED) is 0.819. The summed E-state index contributed by atoms with van der Waals surface area (Å²) in [5, 5.41) is 13.6. The molecule has 1 aliphatic rings. The zero-order valence-electron chi connectivity index (χ0n) is 11.5. The Morgan fingerprint density at radius 2 is 2.11 bits per heavy atom. The predicted molar refractivity (Wildman–Crippen MR) is 74.2 cm³/mol. The molecule has 19 heavy (non-hydrogen) atoms. The van der Waals surface area contributed by atoms with Crippen molar-refractivity contribution in [2.75, 3.05) is 32.0 Å². The van der Waals surface area contributed by atoms with Gasteiger partial charge in [-0.25, -0.2) is 0 Å². The molecule has 0 spiro atoms. The Kier molecular flexibility index (Phi) is 4.68. The van der Waals surface area contributed by atoms with Gasteiger partial charge in [0.2, 0.25) is 0 Å². The Hall–Kier alpha value is -1.69. The van der Waals surface area contributed by atoms with Crippen LogP contribution in [0.3, 0.4) is 0 Å². The zero-order valence-corrected chi connectivity index (χ0v) is 11.5. The summed E-state index contributed by atoms with van der Waals surface area (Å²) in [5.41, 5.74) is 0.354. The molecule has 1 aromatic heterocycles. The van der Waals surface area contributed by atoms with Crippen molar-refractivity contribution in [3.8, 4) is 0 Å². The molecule has 1 aliphatic heterocycles. The van der Waals surface area contributed by atoms with Gasteiger partial charge in [-0.3, -0.25) is 4.79 Å². The predicted octanol–water partition coefficient (Wildman–Crippen LogP) is 0.732. The lowest BCUT2D eigenvalue weighted by atomic mass is 10.3. The van der Waals surface area contributed by atoms with Gasteiger partial charge in [0, 0.05) is 19.6 Å². The highest BCUT2D eigenvalue weighted by Crippen LogP contribution is 2.08. The number of aromatic nitrogens is 2. The van der Waals surface area contributed by atoms with E-state index in [0.717, 1.165) is 19.6 Å². The summed E-state index contributed by atoms with van der Waals surface area (Å²) in [4.78, 5) is 14.4. The number of anilines is 1. The van der Waals surface area contributed by atoms with Gasteiger partial charge in [-0.15, -0.1) is 10.2 Å². The topological polar surface area (TPSA) is 70.2 Å². The lowest BCUT2D eigenvalue weighted by molar-refractivity contribution is 0.0926. The van der Waals surface area contributed by atoms with Crippen molar-refractivity contribution in [1.29, 1.82) is 0 Å². The number of amides is 1. The van der Waals surface area contributed by atoms with Crippen LogP contribution < -0.4 is 10.6 Å². The van der Waals surface area contributed by atoms with E-state index in [9.17, 15) is 4.79 Å². The van der Waals surface area contributed by atoms with E-state index in [0.29, 0.717) is 11.5 Å². The molecule has 2 rings (SSSR count). The SMILES string of the molecule is CNc1ccc(C(=O)NC(C)CN2CCCC2)nn1. The molecule has 1 saturated heterocycles. The zero-order chi connectivity index (χ0) is 13.7. The summed E-state index contributed by atoms with van der Waals surface area (Å²) in [6.45, 7) is 5.19. The fourth-order valence-corrected chi connectivity index (χ4v) is 2.28. The van der Waals surface area contributed by atoms with E-state index < -0.39 is 0 Å². The third-order valence-electron chi connectivity index (χ3n) is 3.26. The molecule has 0 bridgehead atoms. The van der Waals surface area contributed by atoms with Crippen molar-refractivity contribution in [3.05, 3.63) is 17.8 Å². The van der Waals surface area contributed by atoms with Crippen LogP contribution in [-0.2, 0) is 0 Å². The van der Waals surface area contributed by atoms with Crippen molar-refractivity contribution < 1.29 is 4.79 Å². The molecular formula is C13H21N5O. The maximum absolute atomic E-state index is 12.0. The fraction of sp³-hybridized carbons (Fsp3) is 0.615. The van der Waals surface area contributed by atoms with E-state index in [4.69, 9.17) is 0 Å². The Morgan fingerprint density at radius 3 is 2.68 bits per heavy atom. The molecule has 1 amide bonds. The highest BCUT2D eigenvalue weighted by molar-refractivity contribution is 5.92. The average molecular weight is 263 g/mol. The molecule has 0 aliphatic carbocycles. The van der Waals surface area contributed by atoms with Crippen LogP contribution in [0.5, 0.6) is 0 Å². The molecule has 2 heterocycles. The second kappa shape index (κ2) is 6.47. The first-order chi connectivity index (χ1) is 9.19. The average Bonchev–Trinajstić information content (AvgIpc) is 2.91. The molecule has 104 valence electrons. The van der Waals surface area contributed by atoms with Crippen molar-refractivity contribution in [2.24, 2.45) is 0 Å². The molecule has 0 radical (unpaired) electrons. The van der Waals surface area contributed by atoms with E-state index in [1.807, 2.05) is 6.92 Å². The monoisotopic (exact) mass is 263 g/mol. The highest BCUT2D eigenvalue weighted by atomic mass is 16.2. The minimum atomic E-state index is -0.165. The first kappa shape index (κ1) is 13.7. The van der Waals surface area contributed by atoms with Crippen molar-refractivity contribution >= 4 is 11.7 Å². The Morgan fingerprint density at radius 1 is 1.37 bits per heavy atom. The van der Waals surface area contributed by atoms with Crippen LogP contribution >= 0.6 is 0 Å². The molecule has 0 aromatic carbocycles. The Labute approximate surface area is 113 Å². The number of carbonyl (C=O) groups excluding carboxylic acids is 1. The second-order valence-corrected chi connectivity index (χ2v) is 4.94. The van der Waals surface area contributed by atoms with Gasteiger partial charge in [-0.1, -0.05) is 0 Å². The third-order valence-corrected chi connectivity index (χ3v) is 3.26. The lowest BCUT2D eigenvalue weighted by Gasteiger charge is -2.20. The number of rotatable bonds is 5. The van der Waals surface area contributed by atoms with E-state index in [-0.39, 0.29) is 11.9 Å². The smallest absolute Gasteiger partial charge is 0.272 e. The Balaban J connectivity index is 1.84. The maximum Gasteiger partial charge on any atom is 0.272 e. The summed E-state index contributed by atoms with van der Waals surface area (Å²) >= 11 is 0. The largest absolute Gasteiger partial charge is 0.372 e. The van der Waals surface area contributed by atoms with Crippen LogP contribution in [0, 0.1) is 0 Å². The second-order valence-electron chi connectivity index (χ2n) is 4.94. The molecule has 1 unspecified atom stereocenters. The van der Waals surface area contributed by atoms with Gasteiger partial charge in [0.25, 0.3) is 5.91 Å². The van der Waals surface area contributed by atoms with E-state index in [1.165, 1.54) is 12.8 Å². The number of hydrogen-bond acceptors (Lipinski definition) is 5. The van der Waals surface area contributed by atoms with Gasteiger partial charge >= 0.3 is 0 Å². The van der Waals surface area contributed by atoms with Gasteiger partial charge in [0.15, 0.2) is 5.69 Å². The maximum atomic E-state index is 12.0. The molecule has 1 atom stereocenters. The summed E-state index contributed by atoms with van der Waals surface area (Å²) in [6.07, 6.45) is 2.52. The van der Waals surface area contributed by atoms with Crippen LogP contribution in [0.15, 0.2) is 12.1 Å². The van der Waals surface area contributed by atoms with Crippen LogP contribution in [0.2, 0.25) is 0 Å². The molecule has 2 N–H and O–H groups in total. The number of likely N-dealkylation sites (tertiary alicyclic amines) is 1. The standard InChI is InChI=1S/C13H21N5O/c1-10(9-18-7-3-4-8-18)15-13(19)11-5-6-12(14-2)17-16-11/h5-6,10H,3-4,7-9H2,1-2H3,(H,14,17)(H,15,19). The number of carbonyl (C=O) groups is 1. The first-order valence-electron chi connectivity index (χ1n) is 6.73. The van der Waals surface area contributed by atoms with Crippen molar-refractivity contribution in [3.63, 3.8) is 0 Å². The molecule has 6 heteroatoms. The molecule has 1 fully saturated rings. The van der Waals surface area contributed by atoms with Crippen LogP contribution in [0.4, 0.5) is 5.82 Å². The minimum absolute atomic E-state index is 0.122. The van der Waals surface area contributed by atoms with Crippen LogP contribution in [0.1, 0.15) is 30.3 Å². The summed E-state index contributed by atoms with van der Waals surface area (Å²) in [5.74, 6) is 0.489. The number of nitrogens with zero attached hydrogens (tertiary/aromatic N) is 3. The molecule has 1 aromatic rings. The molecular weight excluding hydrogens is 242 g/mol. The number of nitrogens with one attached hydrogen (secondary N) is 2. The normalized spacial score (nSPS) is 17.2. The van der Waals surface area contributed by atoms with E-state index >= 15 is 0 Å². The van der Waals surface area contributed by atoms with Crippen LogP contribution in [0.25, 0.3) is 0 Å². The van der Waals surface area contributed by atoms with Gasteiger partial charge in [-0.05, 0) is 45.0 Å². The fourth-order valence-electron chi connectivity index (χ4n) is 2.28. The third kappa shape index (κ3) is 3.89. The highest BCUT2D eigenvalue weighted by Gasteiger charge is 2.17. The van der Waals surface area contributed by atoms with E-state index in [2.05, 4.69) is 25.7 Å². The van der Waals surface area contributed by atoms with Gasteiger partial charge in [-0.2, -0.15) is 0 Å². The van der Waals surface area contributed by atoms with Gasteiger partial charge in [0.05, 0.1) is 0 Å². The van der Waals surface area contributed by atoms with Gasteiger partial charge < -0.3 is 15.5 Å². The lowest BCUT2D eigenvalue weighted by Crippen LogP contribution is -2.41. The summed E-state index contributed by atoms with van der Waals surface area (Å²) in [7, 11) is 1.77. The molecule has 6 nitrogen and oxygen atoms in total.